The van der Waals surface area contributed by atoms with Crippen LogP contribution in [0.1, 0.15) is 30.4 Å². The van der Waals surface area contributed by atoms with Crippen LogP contribution < -0.4 is 4.74 Å². The maximum absolute atomic E-state index is 12.9. The van der Waals surface area contributed by atoms with E-state index in [9.17, 15) is 10.1 Å². The van der Waals surface area contributed by atoms with Crippen LogP contribution in [0.2, 0.25) is 0 Å². The van der Waals surface area contributed by atoms with E-state index in [1.54, 1.807) is 22.9 Å². The molecule has 0 bridgehead atoms. The zero-order chi connectivity index (χ0) is 20.2. The van der Waals surface area contributed by atoms with Gasteiger partial charge in [-0.25, -0.2) is 0 Å². The Bertz CT molecular complexity index is 953. The minimum Gasteiger partial charge on any atom is -0.494 e. The summed E-state index contributed by atoms with van der Waals surface area (Å²) in [7, 11) is 0. The van der Waals surface area contributed by atoms with Crippen molar-refractivity contribution in [2.45, 2.75) is 25.8 Å². The summed E-state index contributed by atoms with van der Waals surface area (Å²) < 4.78 is 5.50. The first-order chi connectivity index (χ1) is 14.2. The van der Waals surface area contributed by atoms with E-state index >= 15 is 0 Å². The number of carbonyl (C=O) groups is 1. The highest BCUT2D eigenvalue weighted by atomic mass is 32.2. The number of fused-ring (bicyclic) bond motifs is 1. The van der Waals surface area contributed by atoms with Gasteiger partial charge in [0, 0.05) is 31.3 Å². The maximum Gasteiger partial charge on any atom is 0.229 e. The number of amides is 1. The third-order valence-corrected chi connectivity index (χ3v) is 6.28. The topological polar surface area (TPSA) is 69.5 Å². The molecule has 1 fully saturated rings. The fourth-order valence-corrected chi connectivity index (χ4v) is 4.84. The normalized spacial score (nSPS) is 19.7. The van der Waals surface area contributed by atoms with Gasteiger partial charge in [0.15, 0.2) is 0 Å². The molecule has 1 unspecified atom stereocenters. The molecule has 4 rings (SSSR count). The van der Waals surface area contributed by atoms with Crippen LogP contribution in [-0.4, -0.2) is 39.8 Å². The molecule has 6 nitrogen and oxygen atoms in total. The number of carbonyl (C=O) groups excluding carboxylic acids is 1. The van der Waals surface area contributed by atoms with E-state index in [1.807, 2.05) is 49.5 Å². The highest BCUT2D eigenvalue weighted by Crippen LogP contribution is 2.42. The minimum absolute atomic E-state index is 0.0567. The summed E-state index contributed by atoms with van der Waals surface area (Å²) in [6.45, 7) is 3.77. The number of hydrogen-bond donors (Lipinski definition) is 0. The number of nitriles is 1. The predicted octanol–water partition coefficient (Wildman–Crippen LogP) is 3.70. The molecule has 2 aromatic rings. The molecule has 0 N–H and O–H groups in total. The van der Waals surface area contributed by atoms with E-state index in [0.29, 0.717) is 25.3 Å². The van der Waals surface area contributed by atoms with Crippen molar-refractivity contribution in [3.63, 3.8) is 0 Å². The number of allylic oxidation sites excluding steroid dienone is 1. The summed E-state index contributed by atoms with van der Waals surface area (Å²) in [5, 5.41) is 10.7. The largest absolute Gasteiger partial charge is 0.494 e. The van der Waals surface area contributed by atoms with Crippen molar-refractivity contribution in [3.8, 4) is 11.8 Å². The molecule has 3 heterocycles. The Labute approximate surface area is 174 Å². The highest BCUT2D eigenvalue weighted by molar-refractivity contribution is 8.03. The molecule has 1 aromatic carbocycles. The van der Waals surface area contributed by atoms with Crippen molar-refractivity contribution in [1.82, 2.24) is 14.8 Å². The van der Waals surface area contributed by atoms with Crippen molar-refractivity contribution < 1.29 is 9.53 Å². The van der Waals surface area contributed by atoms with Crippen molar-refractivity contribution in [1.29, 1.82) is 5.26 Å². The van der Waals surface area contributed by atoms with Gasteiger partial charge >= 0.3 is 0 Å². The lowest BCUT2D eigenvalue weighted by atomic mass is 9.86. The molecule has 148 valence electrons. The van der Waals surface area contributed by atoms with Crippen molar-refractivity contribution in [2.75, 3.05) is 19.2 Å². The Morgan fingerprint density at radius 3 is 2.83 bits per heavy atom. The van der Waals surface area contributed by atoms with E-state index in [4.69, 9.17) is 4.74 Å². The molecule has 0 saturated carbocycles. The summed E-state index contributed by atoms with van der Waals surface area (Å²) in [4.78, 5) is 21.1. The third-order valence-electron chi connectivity index (χ3n) is 5.07. The molecule has 29 heavy (non-hydrogen) atoms. The van der Waals surface area contributed by atoms with E-state index in [2.05, 4.69) is 16.0 Å². The Kier molecular flexibility index (Phi) is 5.84. The van der Waals surface area contributed by atoms with Crippen LogP contribution in [0.25, 0.3) is 0 Å². The SMILES string of the molecule is CCOc1ccc(C2CC(=O)N3CN(Cc4cccnc4)CSC3=C2C#N)cc1. The number of ether oxygens (including phenoxy) is 1. The molecular formula is C22H22N4O2S. The Balaban J connectivity index is 1.56. The number of aromatic nitrogens is 1. The smallest absolute Gasteiger partial charge is 0.229 e. The van der Waals surface area contributed by atoms with Gasteiger partial charge in [-0.05, 0) is 36.2 Å². The predicted molar refractivity (Wildman–Crippen MR) is 112 cm³/mol. The molecule has 0 aliphatic carbocycles. The number of thioether (sulfide) groups is 1. The molecule has 1 saturated heterocycles. The van der Waals surface area contributed by atoms with Crippen molar-refractivity contribution in [2.24, 2.45) is 0 Å². The van der Waals surface area contributed by atoms with Crippen molar-refractivity contribution in [3.05, 3.63) is 70.5 Å². The monoisotopic (exact) mass is 406 g/mol. The van der Waals surface area contributed by atoms with Crippen LogP contribution in [0.4, 0.5) is 0 Å². The second kappa shape index (κ2) is 8.68. The van der Waals surface area contributed by atoms with Crippen LogP contribution in [0.3, 0.4) is 0 Å². The first kappa shape index (κ1) is 19.5. The van der Waals surface area contributed by atoms with Gasteiger partial charge < -0.3 is 4.74 Å². The van der Waals surface area contributed by atoms with Crippen molar-refractivity contribution >= 4 is 17.7 Å². The first-order valence-corrected chi connectivity index (χ1v) is 10.6. The van der Waals surface area contributed by atoms with Gasteiger partial charge in [0.25, 0.3) is 0 Å². The van der Waals surface area contributed by atoms with Crippen LogP contribution >= 0.6 is 11.8 Å². The molecule has 7 heteroatoms. The van der Waals surface area contributed by atoms with E-state index in [1.165, 1.54) is 0 Å². The van der Waals surface area contributed by atoms with E-state index < -0.39 is 0 Å². The molecule has 0 spiro atoms. The molecule has 2 aliphatic heterocycles. The summed E-state index contributed by atoms with van der Waals surface area (Å²) in [6.07, 6.45) is 3.90. The third kappa shape index (κ3) is 4.14. The Morgan fingerprint density at radius 2 is 2.14 bits per heavy atom. The van der Waals surface area contributed by atoms with Gasteiger partial charge in [-0.2, -0.15) is 5.26 Å². The van der Waals surface area contributed by atoms with Gasteiger partial charge in [-0.3, -0.25) is 19.6 Å². The molecule has 1 atom stereocenters. The zero-order valence-corrected chi connectivity index (χ0v) is 17.1. The fraction of sp³-hybridized carbons (Fsp3) is 0.318. The number of nitrogens with zero attached hydrogens (tertiary/aromatic N) is 4. The second-order valence-corrected chi connectivity index (χ2v) is 7.95. The van der Waals surface area contributed by atoms with Crippen LogP contribution in [0, 0.1) is 11.3 Å². The summed E-state index contributed by atoms with van der Waals surface area (Å²) in [5.41, 5.74) is 2.77. The number of rotatable bonds is 5. The zero-order valence-electron chi connectivity index (χ0n) is 16.2. The molecule has 1 aromatic heterocycles. The standard InChI is InChI=1S/C22H22N4O2S/c1-2-28-18-7-5-17(6-8-18)19-10-21(27)26-14-25(13-16-4-3-9-24-12-16)15-29-22(26)20(19)11-23/h3-9,12,19H,2,10,13-15H2,1H3. The van der Waals surface area contributed by atoms with Gasteiger partial charge in [-0.1, -0.05) is 30.0 Å². The lowest BCUT2D eigenvalue weighted by Gasteiger charge is -2.41. The summed E-state index contributed by atoms with van der Waals surface area (Å²) in [6, 6.07) is 14.0. The van der Waals surface area contributed by atoms with Gasteiger partial charge in [0.2, 0.25) is 5.91 Å². The van der Waals surface area contributed by atoms with E-state index in [-0.39, 0.29) is 11.8 Å². The lowest BCUT2D eigenvalue weighted by Crippen LogP contribution is -2.46. The van der Waals surface area contributed by atoms with Crippen LogP contribution in [-0.2, 0) is 11.3 Å². The lowest BCUT2D eigenvalue weighted by molar-refractivity contribution is -0.131. The van der Waals surface area contributed by atoms with Crippen LogP contribution in [0.15, 0.2) is 59.4 Å². The summed E-state index contributed by atoms with van der Waals surface area (Å²) in [5.74, 6) is 1.38. The number of hydrogen-bond acceptors (Lipinski definition) is 6. The van der Waals surface area contributed by atoms with Crippen LogP contribution in [0.5, 0.6) is 5.75 Å². The van der Waals surface area contributed by atoms with Gasteiger partial charge in [0.1, 0.15) is 5.75 Å². The molecule has 1 amide bonds. The average molecular weight is 407 g/mol. The quantitative estimate of drug-likeness (QED) is 0.754. The average Bonchev–Trinajstić information content (AvgIpc) is 2.75. The number of benzene rings is 1. The molecule has 0 radical (unpaired) electrons. The van der Waals surface area contributed by atoms with E-state index in [0.717, 1.165) is 34.3 Å². The maximum atomic E-state index is 12.9. The second-order valence-electron chi connectivity index (χ2n) is 7.02. The molecular weight excluding hydrogens is 384 g/mol. The summed E-state index contributed by atoms with van der Waals surface area (Å²) >= 11 is 1.56. The van der Waals surface area contributed by atoms with Gasteiger partial charge in [-0.15, -0.1) is 0 Å². The highest BCUT2D eigenvalue weighted by Gasteiger charge is 2.38. The fourth-order valence-electron chi connectivity index (χ4n) is 3.71. The Morgan fingerprint density at radius 1 is 1.31 bits per heavy atom. The molecule has 2 aliphatic rings. The first-order valence-electron chi connectivity index (χ1n) is 9.61. The van der Waals surface area contributed by atoms with Gasteiger partial charge in [0.05, 0.1) is 35.8 Å². The minimum atomic E-state index is -0.202. The number of pyridine rings is 1. The Hall–Kier alpha value is -2.82.